The van der Waals surface area contributed by atoms with E-state index in [1.807, 2.05) is 54.6 Å². The number of rotatable bonds is 7. The molecule has 0 saturated heterocycles. The molecule has 4 aliphatic rings. The van der Waals surface area contributed by atoms with Gasteiger partial charge >= 0.3 is 0 Å². The van der Waals surface area contributed by atoms with E-state index in [4.69, 9.17) is 21.1 Å². The molecule has 0 N–H and O–H groups in total. The largest absolute Gasteiger partial charge is 0.496 e. The molecule has 0 aromatic heterocycles. The van der Waals surface area contributed by atoms with Crippen LogP contribution < -0.4 is 9.47 Å². The third kappa shape index (κ3) is 4.13. The summed E-state index contributed by atoms with van der Waals surface area (Å²) >= 11 is 6.20. The fourth-order valence-corrected chi connectivity index (χ4v) is 6.68. The molecule has 4 bridgehead atoms. The first kappa shape index (κ1) is 20.6. The molecular formula is C27H29ClO3. The summed E-state index contributed by atoms with van der Waals surface area (Å²) in [5.41, 5.74) is 1.82. The van der Waals surface area contributed by atoms with Gasteiger partial charge in [0.05, 0.1) is 12.1 Å². The van der Waals surface area contributed by atoms with Crippen LogP contribution in [-0.2, 0) is 11.4 Å². The average molecular weight is 437 g/mol. The van der Waals surface area contributed by atoms with Gasteiger partial charge in [0.15, 0.2) is 5.78 Å². The molecule has 2 aromatic rings. The van der Waals surface area contributed by atoms with Gasteiger partial charge in [-0.3, -0.25) is 4.79 Å². The summed E-state index contributed by atoms with van der Waals surface area (Å²) in [6, 6.07) is 13.4. The van der Waals surface area contributed by atoms with Crippen LogP contribution in [0.25, 0.3) is 6.08 Å². The summed E-state index contributed by atoms with van der Waals surface area (Å²) in [6.07, 6.45) is 11.1. The third-order valence-electron chi connectivity index (χ3n) is 7.51. The van der Waals surface area contributed by atoms with Crippen molar-refractivity contribution in [1.29, 1.82) is 0 Å². The Morgan fingerprint density at radius 2 is 1.71 bits per heavy atom. The lowest BCUT2D eigenvalue weighted by Gasteiger charge is -2.55. The quantitative estimate of drug-likeness (QED) is 0.451. The van der Waals surface area contributed by atoms with Crippen LogP contribution in [0.3, 0.4) is 0 Å². The van der Waals surface area contributed by atoms with Gasteiger partial charge in [0.1, 0.15) is 18.1 Å². The van der Waals surface area contributed by atoms with Crippen LogP contribution in [0, 0.1) is 23.2 Å². The Balaban J connectivity index is 1.31. The van der Waals surface area contributed by atoms with Crippen molar-refractivity contribution in [2.24, 2.45) is 23.2 Å². The second kappa shape index (κ2) is 8.35. The van der Waals surface area contributed by atoms with Crippen molar-refractivity contribution < 1.29 is 14.3 Å². The number of hydrogen-bond donors (Lipinski definition) is 0. The Morgan fingerprint density at radius 3 is 2.35 bits per heavy atom. The van der Waals surface area contributed by atoms with Crippen LogP contribution in [0.15, 0.2) is 48.5 Å². The molecule has 0 unspecified atom stereocenters. The predicted molar refractivity (Wildman–Crippen MR) is 123 cm³/mol. The van der Waals surface area contributed by atoms with Gasteiger partial charge in [-0.15, -0.1) is 0 Å². The smallest absolute Gasteiger partial charge is 0.161 e. The topological polar surface area (TPSA) is 35.5 Å². The number of benzene rings is 2. The first-order valence-corrected chi connectivity index (χ1v) is 11.7. The first-order chi connectivity index (χ1) is 15.0. The Labute approximate surface area is 189 Å². The molecule has 0 spiro atoms. The van der Waals surface area contributed by atoms with E-state index < -0.39 is 0 Å². The summed E-state index contributed by atoms with van der Waals surface area (Å²) in [5, 5.41) is 0.582. The molecule has 4 fully saturated rings. The zero-order valence-electron chi connectivity index (χ0n) is 18.0. The maximum atomic E-state index is 13.3. The van der Waals surface area contributed by atoms with E-state index in [2.05, 4.69) is 0 Å². The number of para-hydroxylation sites is 1. The van der Waals surface area contributed by atoms with E-state index >= 15 is 0 Å². The highest BCUT2D eigenvalue weighted by Crippen LogP contribution is 2.60. The minimum atomic E-state index is -0.0896. The maximum Gasteiger partial charge on any atom is 0.161 e. The minimum Gasteiger partial charge on any atom is -0.496 e. The van der Waals surface area contributed by atoms with Crippen LogP contribution in [0.1, 0.15) is 49.7 Å². The van der Waals surface area contributed by atoms with E-state index in [0.717, 1.165) is 53.9 Å². The molecule has 0 radical (unpaired) electrons. The molecule has 2 aromatic carbocycles. The molecule has 31 heavy (non-hydrogen) atoms. The normalized spacial score (nSPS) is 28.8. The van der Waals surface area contributed by atoms with Gasteiger partial charge in [-0.25, -0.2) is 0 Å². The monoisotopic (exact) mass is 436 g/mol. The van der Waals surface area contributed by atoms with Crippen molar-refractivity contribution in [3.8, 4) is 11.5 Å². The summed E-state index contributed by atoms with van der Waals surface area (Å²) in [4.78, 5) is 13.3. The second-order valence-corrected chi connectivity index (χ2v) is 10.1. The summed E-state index contributed by atoms with van der Waals surface area (Å²) in [6.45, 7) is 0.345. The van der Waals surface area contributed by atoms with Gasteiger partial charge in [0.2, 0.25) is 0 Å². The van der Waals surface area contributed by atoms with Crippen molar-refractivity contribution in [2.75, 3.05) is 7.11 Å². The van der Waals surface area contributed by atoms with E-state index in [1.54, 1.807) is 7.11 Å². The summed E-state index contributed by atoms with van der Waals surface area (Å²) in [7, 11) is 1.65. The highest BCUT2D eigenvalue weighted by Gasteiger charge is 2.53. The number of ether oxygens (including phenoxy) is 2. The van der Waals surface area contributed by atoms with Gasteiger partial charge in [-0.05, 0) is 92.2 Å². The zero-order chi connectivity index (χ0) is 21.4. The number of halogens is 1. The van der Waals surface area contributed by atoms with Crippen LogP contribution in [-0.4, -0.2) is 12.9 Å². The highest BCUT2D eigenvalue weighted by molar-refractivity contribution is 6.32. The standard InChI is InChI=1S/C27H29ClO3/c1-30-24-8-6-18(13-22(24)17-31-25-5-3-2-4-23(25)28)7-9-26(29)27-14-19-10-20(15-27)12-21(11-19)16-27/h2-9,13,19-21H,10-12,14-17H2,1H3/b9-7+. The predicted octanol–water partition coefficient (Wildman–Crippen LogP) is 6.73. The van der Waals surface area contributed by atoms with E-state index in [-0.39, 0.29) is 5.41 Å². The van der Waals surface area contributed by atoms with Crippen LogP contribution in [0.5, 0.6) is 11.5 Å². The van der Waals surface area contributed by atoms with Gasteiger partial charge < -0.3 is 9.47 Å². The van der Waals surface area contributed by atoms with Gasteiger partial charge in [-0.2, -0.15) is 0 Å². The third-order valence-corrected chi connectivity index (χ3v) is 7.82. The van der Waals surface area contributed by atoms with Crippen molar-refractivity contribution in [3.63, 3.8) is 0 Å². The van der Waals surface area contributed by atoms with E-state index in [0.29, 0.717) is 23.2 Å². The fraction of sp³-hybridized carbons (Fsp3) is 0.444. The Morgan fingerprint density at radius 1 is 1.03 bits per heavy atom. The number of ketones is 1. The molecule has 162 valence electrons. The van der Waals surface area contributed by atoms with E-state index in [9.17, 15) is 4.79 Å². The Hall–Kier alpha value is -2.26. The van der Waals surface area contributed by atoms with Gasteiger partial charge in [0, 0.05) is 11.0 Å². The minimum absolute atomic E-state index is 0.0896. The Kier molecular flexibility index (Phi) is 5.56. The van der Waals surface area contributed by atoms with Crippen LogP contribution in [0.2, 0.25) is 5.02 Å². The molecule has 0 amide bonds. The zero-order valence-corrected chi connectivity index (χ0v) is 18.7. The first-order valence-electron chi connectivity index (χ1n) is 11.3. The molecule has 0 heterocycles. The lowest BCUT2D eigenvalue weighted by molar-refractivity contribution is -0.138. The number of hydrogen-bond acceptors (Lipinski definition) is 3. The fourth-order valence-electron chi connectivity index (χ4n) is 6.49. The maximum absolute atomic E-state index is 13.3. The number of carbonyl (C=O) groups excluding carboxylic acids is 1. The molecular weight excluding hydrogens is 408 g/mol. The van der Waals surface area contributed by atoms with Crippen molar-refractivity contribution in [3.05, 3.63) is 64.7 Å². The van der Waals surface area contributed by atoms with E-state index in [1.165, 1.54) is 19.3 Å². The Bertz CT molecular complexity index is 974. The molecule has 4 heteroatoms. The van der Waals surface area contributed by atoms with Crippen LogP contribution in [0.4, 0.5) is 0 Å². The van der Waals surface area contributed by atoms with Gasteiger partial charge in [0.25, 0.3) is 0 Å². The molecule has 4 saturated carbocycles. The SMILES string of the molecule is COc1ccc(/C=C/C(=O)C23CC4CC(CC(C4)C2)C3)cc1COc1ccccc1Cl. The summed E-state index contributed by atoms with van der Waals surface area (Å²) < 4.78 is 11.4. The molecule has 0 aliphatic heterocycles. The van der Waals surface area contributed by atoms with Crippen molar-refractivity contribution >= 4 is 23.5 Å². The van der Waals surface area contributed by atoms with Crippen molar-refractivity contribution in [2.45, 2.75) is 45.1 Å². The number of allylic oxidation sites excluding steroid dienone is 1. The average Bonchev–Trinajstić information content (AvgIpc) is 2.76. The number of methoxy groups -OCH3 is 1. The van der Waals surface area contributed by atoms with Crippen LogP contribution >= 0.6 is 11.6 Å². The lowest BCUT2D eigenvalue weighted by Crippen LogP contribution is -2.49. The summed E-state index contributed by atoms with van der Waals surface area (Å²) in [5.74, 6) is 4.06. The molecule has 3 nitrogen and oxygen atoms in total. The highest BCUT2D eigenvalue weighted by atomic mass is 35.5. The molecule has 6 rings (SSSR count). The second-order valence-electron chi connectivity index (χ2n) is 9.69. The van der Waals surface area contributed by atoms with Gasteiger partial charge in [-0.1, -0.05) is 35.9 Å². The molecule has 0 atom stereocenters. The lowest BCUT2D eigenvalue weighted by atomic mass is 9.48. The molecule has 4 aliphatic carbocycles. The van der Waals surface area contributed by atoms with Crippen molar-refractivity contribution in [1.82, 2.24) is 0 Å². The number of carbonyl (C=O) groups is 1.